The van der Waals surface area contributed by atoms with E-state index in [2.05, 4.69) is 15.2 Å². The molecule has 10 heteroatoms. The molecule has 1 aliphatic rings. The second-order valence-electron chi connectivity index (χ2n) is 9.92. The van der Waals surface area contributed by atoms with Crippen LogP contribution in [0.4, 0.5) is 10.6 Å². The number of rotatable bonds is 8. The highest BCUT2D eigenvalue weighted by molar-refractivity contribution is 6.03. The zero-order valence-electron chi connectivity index (χ0n) is 22.6. The largest absolute Gasteiger partial charge is 0.493 e. The van der Waals surface area contributed by atoms with Crippen molar-refractivity contribution in [3.8, 4) is 17.2 Å². The molecule has 2 aromatic carbocycles. The standard InChI is InChI=1S/C30H33N5O5/c1-19-15-23-16-27(26(39-2)18-25(23)35(19)30(31)38)40-24-7-10-32-28(17-24)33-29(37)22-5-3-20(4-6-22)21-8-11-34(12-9-21)13-14-36/h3-7,10,15-18,21,36H,8-9,11-14H2,1-2H3,(H2,31,38)(H,32,33,37). The molecule has 3 heterocycles. The van der Waals surface area contributed by atoms with Crippen molar-refractivity contribution in [1.29, 1.82) is 0 Å². The van der Waals surface area contributed by atoms with E-state index in [1.165, 1.54) is 17.2 Å². The number of methoxy groups -OCH3 is 1. The van der Waals surface area contributed by atoms with Gasteiger partial charge in [0.1, 0.15) is 11.6 Å². The van der Waals surface area contributed by atoms with Crippen molar-refractivity contribution in [2.24, 2.45) is 5.73 Å². The summed E-state index contributed by atoms with van der Waals surface area (Å²) in [6.45, 7) is 4.65. The van der Waals surface area contributed by atoms with Crippen LogP contribution in [0.15, 0.2) is 60.8 Å². The van der Waals surface area contributed by atoms with Crippen LogP contribution in [-0.4, -0.2) is 64.8 Å². The lowest BCUT2D eigenvalue weighted by molar-refractivity contribution is 0.102. The Labute approximate surface area is 232 Å². The molecule has 5 rings (SSSR count). The number of aliphatic hydroxyl groups is 1. The summed E-state index contributed by atoms with van der Waals surface area (Å²) in [5.41, 5.74) is 8.62. The molecule has 1 saturated heterocycles. The van der Waals surface area contributed by atoms with Crippen molar-refractivity contribution in [3.05, 3.63) is 77.6 Å². The van der Waals surface area contributed by atoms with Gasteiger partial charge in [0.2, 0.25) is 0 Å². The molecular formula is C30H33N5O5. The fraction of sp³-hybridized carbons (Fsp3) is 0.300. The molecule has 1 aliphatic heterocycles. The second kappa shape index (κ2) is 11.8. The molecule has 4 aromatic rings. The minimum atomic E-state index is -0.577. The van der Waals surface area contributed by atoms with Crippen LogP contribution in [-0.2, 0) is 0 Å². The number of fused-ring (bicyclic) bond motifs is 1. The first kappa shape index (κ1) is 27.2. The fourth-order valence-electron chi connectivity index (χ4n) is 5.28. The number of likely N-dealkylation sites (tertiary alicyclic amines) is 1. The predicted molar refractivity (Wildman–Crippen MR) is 152 cm³/mol. The fourth-order valence-corrected chi connectivity index (χ4v) is 5.28. The number of ether oxygens (including phenoxy) is 2. The first-order chi connectivity index (χ1) is 19.4. The Morgan fingerprint density at radius 2 is 1.82 bits per heavy atom. The third-order valence-corrected chi connectivity index (χ3v) is 7.34. The topological polar surface area (TPSA) is 132 Å². The maximum atomic E-state index is 12.9. The van der Waals surface area contributed by atoms with Crippen molar-refractivity contribution in [1.82, 2.24) is 14.5 Å². The average Bonchev–Trinajstić information content (AvgIpc) is 3.28. The molecule has 0 spiro atoms. The Bertz CT molecular complexity index is 1520. The maximum absolute atomic E-state index is 12.9. The Hall–Kier alpha value is -4.41. The Morgan fingerprint density at radius 1 is 1.07 bits per heavy atom. The van der Waals surface area contributed by atoms with Crippen LogP contribution < -0.4 is 20.5 Å². The third kappa shape index (κ3) is 5.78. The first-order valence-electron chi connectivity index (χ1n) is 13.2. The number of benzene rings is 2. The molecule has 0 bridgehead atoms. The molecule has 208 valence electrons. The van der Waals surface area contributed by atoms with E-state index in [1.54, 1.807) is 37.4 Å². The number of piperidine rings is 1. The molecule has 10 nitrogen and oxygen atoms in total. The third-order valence-electron chi connectivity index (χ3n) is 7.34. The van der Waals surface area contributed by atoms with E-state index in [1.807, 2.05) is 30.3 Å². The number of hydrogen-bond donors (Lipinski definition) is 3. The number of nitrogens with one attached hydrogen (secondary N) is 1. The van der Waals surface area contributed by atoms with Crippen molar-refractivity contribution in [2.75, 3.05) is 38.7 Å². The van der Waals surface area contributed by atoms with E-state index in [-0.39, 0.29) is 12.5 Å². The average molecular weight is 544 g/mol. The number of β-amino-alcohol motifs (C(OH)–C–C–N with tert-alkyl or cyclic N) is 1. The van der Waals surface area contributed by atoms with E-state index in [4.69, 9.17) is 20.3 Å². The van der Waals surface area contributed by atoms with E-state index in [0.29, 0.717) is 45.8 Å². The summed E-state index contributed by atoms with van der Waals surface area (Å²) in [6.07, 6.45) is 3.63. The second-order valence-corrected chi connectivity index (χ2v) is 9.92. The minimum absolute atomic E-state index is 0.190. The van der Waals surface area contributed by atoms with Crippen LogP contribution in [0, 0.1) is 6.92 Å². The van der Waals surface area contributed by atoms with Gasteiger partial charge in [-0.3, -0.25) is 9.36 Å². The summed E-state index contributed by atoms with van der Waals surface area (Å²) < 4.78 is 13.0. The summed E-state index contributed by atoms with van der Waals surface area (Å²) in [5.74, 6) is 1.86. The van der Waals surface area contributed by atoms with Crippen molar-refractivity contribution in [2.45, 2.75) is 25.7 Å². The van der Waals surface area contributed by atoms with E-state index in [9.17, 15) is 9.59 Å². The van der Waals surface area contributed by atoms with E-state index >= 15 is 0 Å². The molecule has 1 fully saturated rings. The minimum Gasteiger partial charge on any atom is -0.493 e. The molecule has 0 aliphatic carbocycles. The van der Waals surface area contributed by atoms with E-state index in [0.717, 1.165) is 37.9 Å². The Balaban J connectivity index is 1.27. The lowest BCUT2D eigenvalue weighted by Gasteiger charge is -2.31. The van der Waals surface area contributed by atoms with Gasteiger partial charge in [0, 0.05) is 41.5 Å². The molecule has 4 N–H and O–H groups in total. The summed E-state index contributed by atoms with van der Waals surface area (Å²) in [5, 5.41) is 12.8. The number of pyridine rings is 1. The number of hydrogen-bond acceptors (Lipinski definition) is 7. The number of aryl methyl sites for hydroxylation is 1. The molecule has 0 atom stereocenters. The molecule has 2 amide bonds. The normalized spacial score (nSPS) is 14.3. The van der Waals surface area contributed by atoms with Gasteiger partial charge in [-0.05, 0) is 74.7 Å². The quantitative estimate of drug-likeness (QED) is 0.298. The smallest absolute Gasteiger partial charge is 0.323 e. The van der Waals surface area contributed by atoms with Crippen LogP contribution in [0.25, 0.3) is 10.9 Å². The van der Waals surface area contributed by atoms with E-state index < -0.39 is 6.03 Å². The van der Waals surface area contributed by atoms with Gasteiger partial charge in [0.25, 0.3) is 5.91 Å². The van der Waals surface area contributed by atoms with Crippen LogP contribution in [0.2, 0.25) is 0 Å². The maximum Gasteiger partial charge on any atom is 0.323 e. The van der Waals surface area contributed by atoms with Gasteiger partial charge in [-0.25, -0.2) is 9.78 Å². The number of carbonyl (C=O) groups is 2. The molecule has 0 unspecified atom stereocenters. The van der Waals surface area contributed by atoms with Gasteiger partial charge in [-0.15, -0.1) is 0 Å². The number of carbonyl (C=O) groups excluding carboxylic acids is 2. The van der Waals surface area contributed by atoms with Crippen LogP contribution in [0.1, 0.15) is 40.4 Å². The molecular weight excluding hydrogens is 510 g/mol. The van der Waals surface area contributed by atoms with Gasteiger partial charge >= 0.3 is 6.03 Å². The molecule has 0 radical (unpaired) electrons. The van der Waals surface area contributed by atoms with Gasteiger partial charge in [-0.2, -0.15) is 0 Å². The number of anilines is 1. The molecule has 2 aromatic heterocycles. The van der Waals surface area contributed by atoms with Crippen molar-refractivity contribution < 1.29 is 24.2 Å². The van der Waals surface area contributed by atoms with Crippen LogP contribution in [0.3, 0.4) is 0 Å². The zero-order chi connectivity index (χ0) is 28.2. The van der Waals surface area contributed by atoms with Gasteiger partial charge in [-0.1, -0.05) is 12.1 Å². The SMILES string of the molecule is COc1cc2c(cc1Oc1ccnc(NC(=O)c3ccc(C4CCN(CCO)CC4)cc3)c1)cc(C)n2C(N)=O. The number of primary amides is 1. The van der Waals surface area contributed by atoms with Gasteiger partial charge < -0.3 is 30.5 Å². The van der Waals surface area contributed by atoms with Gasteiger partial charge in [0.05, 0.1) is 19.2 Å². The Morgan fingerprint density at radius 3 is 2.50 bits per heavy atom. The van der Waals surface area contributed by atoms with Crippen LogP contribution >= 0.6 is 0 Å². The summed E-state index contributed by atoms with van der Waals surface area (Å²) >= 11 is 0. The summed E-state index contributed by atoms with van der Waals surface area (Å²) in [7, 11) is 1.52. The zero-order valence-corrected chi connectivity index (χ0v) is 22.6. The van der Waals surface area contributed by atoms with Crippen molar-refractivity contribution in [3.63, 3.8) is 0 Å². The van der Waals surface area contributed by atoms with Crippen LogP contribution in [0.5, 0.6) is 17.2 Å². The number of aliphatic hydroxyl groups excluding tert-OH is 1. The summed E-state index contributed by atoms with van der Waals surface area (Å²) in [6, 6.07) is 15.8. The highest BCUT2D eigenvalue weighted by Crippen LogP contribution is 2.37. The number of nitrogens with zero attached hydrogens (tertiary/aromatic N) is 3. The monoisotopic (exact) mass is 543 g/mol. The molecule has 0 saturated carbocycles. The highest BCUT2D eigenvalue weighted by atomic mass is 16.5. The highest BCUT2D eigenvalue weighted by Gasteiger charge is 2.21. The predicted octanol–water partition coefficient (Wildman–Crippen LogP) is 4.50. The number of nitrogens with two attached hydrogens (primary N) is 1. The lowest BCUT2D eigenvalue weighted by Crippen LogP contribution is -2.34. The number of aromatic nitrogens is 2. The van der Waals surface area contributed by atoms with Crippen molar-refractivity contribution >= 4 is 28.7 Å². The van der Waals surface area contributed by atoms with Gasteiger partial charge in [0.15, 0.2) is 11.5 Å². The first-order valence-corrected chi connectivity index (χ1v) is 13.2. The Kier molecular flexibility index (Phi) is 7.99. The molecule has 40 heavy (non-hydrogen) atoms. The summed E-state index contributed by atoms with van der Waals surface area (Å²) in [4.78, 5) is 31.4. The number of amides is 2. The lowest BCUT2D eigenvalue weighted by atomic mass is 9.89.